The van der Waals surface area contributed by atoms with Gasteiger partial charge in [0.25, 0.3) is 0 Å². The molecule has 1 aliphatic heterocycles. The van der Waals surface area contributed by atoms with Crippen LogP contribution in [-0.4, -0.2) is 42.8 Å². The third-order valence-corrected chi connectivity index (χ3v) is 5.46. The lowest BCUT2D eigenvalue weighted by Gasteiger charge is -2.60. The molecule has 2 fully saturated rings. The molecule has 1 saturated heterocycles. The van der Waals surface area contributed by atoms with Gasteiger partial charge in [0.1, 0.15) is 0 Å². The van der Waals surface area contributed by atoms with Crippen LogP contribution in [0.4, 0.5) is 0 Å². The molecular formula is C15H30N2O. The summed E-state index contributed by atoms with van der Waals surface area (Å²) in [5.74, 6) is 0.888. The highest BCUT2D eigenvalue weighted by Gasteiger charge is 2.58. The summed E-state index contributed by atoms with van der Waals surface area (Å²) in [6, 6.07) is 0. The minimum absolute atomic E-state index is 0.0601. The summed E-state index contributed by atoms with van der Waals surface area (Å²) in [5, 5.41) is 0. The smallest absolute Gasteiger partial charge is 0.0662 e. The van der Waals surface area contributed by atoms with Gasteiger partial charge in [-0.2, -0.15) is 0 Å². The molecule has 2 rings (SSSR count). The van der Waals surface area contributed by atoms with E-state index in [1.165, 1.54) is 25.9 Å². The molecule has 18 heavy (non-hydrogen) atoms. The summed E-state index contributed by atoms with van der Waals surface area (Å²) >= 11 is 0. The third kappa shape index (κ3) is 2.33. The number of ether oxygens (including phenoxy) is 1. The van der Waals surface area contributed by atoms with Gasteiger partial charge in [-0.25, -0.2) is 0 Å². The summed E-state index contributed by atoms with van der Waals surface area (Å²) in [6.45, 7) is 13.2. The first-order valence-corrected chi connectivity index (χ1v) is 7.55. The standard InChI is InChI=1S/C15H30N2O/c1-5-12-7-8-17(10-12)11-15(16)9-13(18-6-2)14(15,3)4/h12-13H,5-11,16H2,1-4H3. The van der Waals surface area contributed by atoms with Gasteiger partial charge in [-0.1, -0.05) is 27.2 Å². The van der Waals surface area contributed by atoms with Crippen molar-refractivity contribution < 1.29 is 4.74 Å². The Morgan fingerprint density at radius 2 is 2.06 bits per heavy atom. The first kappa shape index (κ1) is 14.3. The second kappa shape index (κ2) is 5.10. The van der Waals surface area contributed by atoms with Crippen molar-refractivity contribution in [3.05, 3.63) is 0 Å². The largest absolute Gasteiger partial charge is 0.378 e. The van der Waals surface area contributed by atoms with E-state index in [1.54, 1.807) is 0 Å². The van der Waals surface area contributed by atoms with Crippen molar-refractivity contribution in [3.63, 3.8) is 0 Å². The average Bonchev–Trinajstić information content (AvgIpc) is 2.76. The Bertz CT molecular complexity index is 292. The lowest BCUT2D eigenvalue weighted by atomic mass is 9.54. The van der Waals surface area contributed by atoms with E-state index < -0.39 is 0 Å². The maximum atomic E-state index is 6.65. The fourth-order valence-corrected chi connectivity index (χ4v) is 3.56. The van der Waals surface area contributed by atoms with Gasteiger partial charge in [0.05, 0.1) is 6.10 Å². The lowest BCUT2D eigenvalue weighted by molar-refractivity contribution is -0.155. The van der Waals surface area contributed by atoms with E-state index in [0.717, 1.165) is 25.5 Å². The summed E-state index contributed by atoms with van der Waals surface area (Å²) in [5.41, 5.74) is 6.69. The number of hydrogen-bond acceptors (Lipinski definition) is 3. The van der Waals surface area contributed by atoms with Gasteiger partial charge in [-0.05, 0) is 32.2 Å². The highest BCUT2D eigenvalue weighted by molar-refractivity contribution is 5.15. The molecule has 3 unspecified atom stereocenters. The van der Waals surface area contributed by atoms with E-state index in [0.29, 0.717) is 6.10 Å². The predicted molar refractivity (Wildman–Crippen MR) is 75.6 cm³/mol. The average molecular weight is 254 g/mol. The molecule has 0 aromatic heterocycles. The summed E-state index contributed by atoms with van der Waals surface area (Å²) in [6.07, 6.45) is 4.01. The van der Waals surface area contributed by atoms with Gasteiger partial charge in [-0.3, -0.25) is 0 Å². The number of rotatable bonds is 5. The molecule has 0 amide bonds. The second-order valence-electron chi connectivity index (χ2n) is 6.82. The highest BCUT2D eigenvalue weighted by Crippen LogP contribution is 2.50. The Morgan fingerprint density at radius 1 is 1.33 bits per heavy atom. The van der Waals surface area contributed by atoms with Gasteiger partial charge >= 0.3 is 0 Å². The lowest BCUT2D eigenvalue weighted by Crippen LogP contribution is -2.73. The van der Waals surface area contributed by atoms with E-state index in [9.17, 15) is 0 Å². The van der Waals surface area contributed by atoms with E-state index >= 15 is 0 Å². The maximum Gasteiger partial charge on any atom is 0.0662 e. The SMILES string of the molecule is CCOC1CC(N)(CN2CCC(CC)C2)C1(C)C. The number of nitrogens with two attached hydrogens (primary N) is 1. The zero-order chi connectivity index (χ0) is 13.4. The molecule has 1 aliphatic carbocycles. The van der Waals surface area contributed by atoms with Crippen molar-refractivity contribution in [3.8, 4) is 0 Å². The van der Waals surface area contributed by atoms with Crippen LogP contribution in [0.1, 0.15) is 47.0 Å². The Labute approximate surface area is 112 Å². The first-order chi connectivity index (χ1) is 8.43. The van der Waals surface area contributed by atoms with Crippen molar-refractivity contribution in [1.82, 2.24) is 4.90 Å². The van der Waals surface area contributed by atoms with Gasteiger partial charge in [0.15, 0.2) is 0 Å². The molecule has 2 N–H and O–H groups in total. The predicted octanol–water partition coefficient (Wildman–Crippen LogP) is 2.25. The van der Waals surface area contributed by atoms with Crippen LogP contribution in [0.3, 0.4) is 0 Å². The summed E-state index contributed by atoms with van der Waals surface area (Å²) < 4.78 is 5.80. The molecule has 1 heterocycles. The molecule has 1 saturated carbocycles. The van der Waals surface area contributed by atoms with Crippen LogP contribution in [0.5, 0.6) is 0 Å². The second-order valence-corrected chi connectivity index (χ2v) is 6.82. The minimum atomic E-state index is -0.0601. The number of likely N-dealkylation sites (tertiary alicyclic amines) is 1. The normalized spacial score (nSPS) is 39.8. The molecule has 0 aromatic rings. The minimum Gasteiger partial charge on any atom is -0.378 e. The van der Waals surface area contributed by atoms with Crippen LogP contribution < -0.4 is 5.73 Å². The fourth-order valence-electron chi connectivity index (χ4n) is 3.56. The molecule has 3 atom stereocenters. The van der Waals surface area contributed by atoms with Crippen LogP contribution in [-0.2, 0) is 4.74 Å². The Morgan fingerprint density at radius 3 is 2.56 bits per heavy atom. The topological polar surface area (TPSA) is 38.5 Å². The third-order valence-electron chi connectivity index (χ3n) is 5.46. The first-order valence-electron chi connectivity index (χ1n) is 7.55. The van der Waals surface area contributed by atoms with E-state index in [2.05, 4.69) is 32.6 Å². The van der Waals surface area contributed by atoms with Crippen LogP contribution >= 0.6 is 0 Å². The van der Waals surface area contributed by atoms with Crippen LogP contribution in [0.25, 0.3) is 0 Å². The van der Waals surface area contributed by atoms with Gasteiger partial charge in [-0.15, -0.1) is 0 Å². The van der Waals surface area contributed by atoms with Crippen molar-refractivity contribution in [2.75, 3.05) is 26.2 Å². The Hall–Kier alpha value is -0.120. The Balaban J connectivity index is 1.90. The van der Waals surface area contributed by atoms with Crippen LogP contribution in [0.2, 0.25) is 0 Å². The molecule has 0 spiro atoms. The highest BCUT2D eigenvalue weighted by atomic mass is 16.5. The molecule has 106 valence electrons. The molecule has 0 aromatic carbocycles. The maximum absolute atomic E-state index is 6.65. The molecule has 2 aliphatic rings. The Kier molecular flexibility index (Phi) is 4.05. The quantitative estimate of drug-likeness (QED) is 0.818. The van der Waals surface area contributed by atoms with Gasteiger partial charge in [0, 0.05) is 30.7 Å². The zero-order valence-electron chi connectivity index (χ0n) is 12.5. The summed E-state index contributed by atoms with van der Waals surface area (Å²) in [7, 11) is 0. The molecule has 0 bridgehead atoms. The number of nitrogens with zero attached hydrogens (tertiary/aromatic N) is 1. The van der Waals surface area contributed by atoms with Crippen molar-refractivity contribution in [1.29, 1.82) is 0 Å². The van der Waals surface area contributed by atoms with E-state index in [1.807, 2.05) is 0 Å². The molecular weight excluding hydrogens is 224 g/mol. The number of hydrogen-bond donors (Lipinski definition) is 1. The summed E-state index contributed by atoms with van der Waals surface area (Å²) in [4.78, 5) is 2.57. The monoisotopic (exact) mass is 254 g/mol. The van der Waals surface area contributed by atoms with Gasteiger partial charge < -0.3 is 15.4 Å². The van der Waals surface area contributed by atoms with E-state index in [-0.39, 0.29) is 11.0 Å². The molecule has 3 heteroatoms. The van der Waals surface area contributed by atoms with Crippen molar-refractivity contribution in [2.45, 2.75) is 58.6 Å². The van der Waals surface area contributed by atoms with Gasteiger partial charge in [0.2, 0.25) is 0 Å². The van der Waals surface area contributed by atoms with Crippen LogP contribution in [0.15, 0.2) is 0 Å². The van der Waals surface area contributed by atoms with Crippen molar-refractivity contribution >= 4 is 0 Å². The zero-order valence-corrected chi connectivity index (χ0v) is 12.5. The fraction of sp³-hybridized carbons (Fsp3) is 1.00. The molecule has 0 radical (unpaired) electrons. The molecule has 3 nitrogen and oxygen atoms in total. The van der Waals surface area contributed by atoms with Crippen LogP contribution in [0, 0.1) is 11.3 Å². The van der Waals surface area contributed by atoms with Crippen molar-refractivity contribution in [2.24, 2.45) is 17.1 Å². The van der Waals surface area contributed by atoms with E-state index in [4.69, 9.17) is 10.5 Å².